The van der Waals surface area contributed by atoms with E-state index in [4.69, 9.17) is 0 Å². The molecule has 120 valence electrons. The molecular weight excluding hydrogens is 256 g/mol. The molecule has 1 N–H and O–H groups in total. The largest absolute Gasteiger partial charge is 0.393 e. The molecule has 21 heavy (non-hydrogen) atoms. The van der Waals surface area contributed by atoms with Crippen LogP contribution in [-0.4, -0.2) is 11.2 Å². The number of aliphatic hydroxyl groups excluding tert-OH is 1. The number of hydrogen-bond donors (Lipinski definition) is 1. The van der Waals surface area contributed by atoms with E-state index < -0.39 is 0 Å². The van der Waals surface area contributed by atoms with Crippen molar-refractivity contribution in [3.63, 3.8) is 0 Å². The summed E-state index contributed by atoms with van der Waals surface area (Å²) in [4.78, 5) is 0. The van der Waals surface area contributed by atoms with Gasteiger partial charge in [-0.25, -0.2) is 0 Å². The van der Waals surface area contributed by atoms with E-state index in [2.05, 4.69) is 20.8 Å². The highest BCUT2D eigenvalue weighted by Gasteiger charge is 2.59. The third-order valence-electron chi connectivity index (χ3n) is 8.79. The molecule has 0 aromatic heterocycles. The monoisotopic (exact) mass is 290 g/mol. The van der Waals surface area contributed by atoms with Crippen molar-refractivity contribution in [1.29, 1.82) is 0 Å². The van der Waals surface area contributed by atoms with Crippen LogP contribution in [0.25, 0.3) is 0 Å². The Morgan fingerprint density at radius 3 is 2.48 bits per heavy atom. The second kappa shape index (κ2) is 4.73. The Balaban J connectivity index is 1.66. The van der Waals surface area contributed by atoms with Crippen molar-refractivity contribution in [2.45, 2.75) is 84.7 Å². The third-order valence-corrected chi connectivity index (χ3v) is 8.79. The smallest absolute Gasteiger partial charge is 0.0543 e. The van der Waals surface area contributed by atoms with Crippen LogP contribution in [0.2, 0.25) is 0 Å². The summed E-state index contributed by atoms with van der Waals surface area (Å²) < 4.78 is 0. The van der Waals surface area contributed by atoms with Crippen molar-refractivity contribution in [3.05, 3.63) is 0 Å². The second-order valence-corrected chi connectivity index (χ2v) is 9.72. The Labute approximate surface area is 130 Å². The lowest BCUT2D eigenvalue weighted by Gasteiger charge is -2.62. The van der Waals surface area contributed by atoms with Gasteiger partial charge in [-0.15, -0.1) is 0 Å². The quantitative estimate of drug-likeness (QED) is 0.663. The first kappa shape index (κ1) is 14.5. The average molecular weight is 290 g/mol. The number of fused-ring (bicyclic) bond motifs is 5. The molecule has 0 aromatic rings. The molecule has 4 aliphatic carbocycles. The van der Waals surface area contributed by atoms with Crippen LogP contribution in [0.5, 0.6) is 0 Å². The average Bonchev–Trinajstić information content (AvgIpc) is 2.83. The van der Waals surface area contributed by atoms with Crippen molar-refractivity contribution in [2.75, 3.05) is 0 Å². The van der Waals surface area contributed by atoms with E-state index in [9.17, 15) is 5.11 Å². The van der Waals surface area contributed by atoms with Gasteiger partial charge in [0.15, 0.2) is 0 Å². The summed E-state index contributed by atoms with van der Waals surface area (Å²) in [7, 11) is 0. The minimum absolute atomic E-state index is 0.0117. The number of aliphatic hydroxyl groups is 1. The van der Waals surface area contributed by atoms with Gasteiger partial charge in [-0.1, -0.05) is 27.2 Å². The molecule has 3 unspecified atom stereocenters. The first-order chi connectivity index (χ1) is 9.94. The minimum atomic E-state index is -0.0117. The Bertz CT molecular complexity index is 418. The Hall–Kier alpha value is -0.0400. The molecule has 0 aromatic carbocycles. The van der Waals surface area contributed by atoms with Gasteiger partial charge >= 0.3 is 0 Å². The van der Waals surface area contributed by atoms with E-state index in [1.165, 1.54) is 44.9 Å². The van der Waals surface area contributed by atoms with Crippen LogP contribution in [0.15, 0.2) is 0 Å². The van der Waals surface area contributed by atoms with Gasteiger partial charge in [0.05, 0.1) is 6.10 Å². The molecule has 4 aliphatic rings. The highest BCUT2D eigenvalue weighted by atomic mass is 16.3. The van der Waals surface area contributed by atoms with Crippen LogP contribution in [0.4, 0.5) is 0 Å². The maximum Gasteiger partial charge on any atom is 0.0543 e. The predicted molar refractivity (Wildman–Crippen MR) is 86.9 cm³/mol. The van der Waals surface area contributed by atoms with Crippen molar-refractivity contribution in [2.24, 2.45) is 40.4 Å². The lowest BCUT2D eigenvalue weighted by Crippen LogP contribution is -2.55. The summed E-state index contributed by atoms with van der Waals surface area (Å²) in [5, 5.41) is 10.2. The van der Waals surface area contributed by atoms with Crippen molar-refractivity contribution < 1.29 is 5.11 Å². The fourth-order valence-electron chi connectivity index (χ4n) is 7.71. The zero-order valence-electron chi connectivity index (χ0n) is 14.3. The van der Waals surface area contributed by atoms with Crippen LogP contribution in [0.3, 0.4) is 0 Å². The van der Waals surface area contributed by atoms with E-state index in [0.29, 0.717) is 10.8 Å². The number of rotatable bonds is 0. The topological polar surface area (TPSA) is 20.2 Å². The van der Waals surface area contributed by atoms with Gasteiger partial charge in [-0.3, -0.25) is 0 Å². The molecule has 0 radical (unpaired) electrons. The standard InChI is InChI=1S/C20H34O/c1-13-11-15-16-5-4-8-19(16,2)9-7-17(15)20(3)10-6-14(21)12-18(13)20/h13-18,21H,4-12H2,1-3H3/t13?,14?,15-,16-,17+,18?,19-,20+/m0/s1. The molecule has 0 spiro atoms. The van der Waals surface area contributed by atoms with Crippen LogP contribution in [-0.2, 0) is 0 Å². The highest BCUT2D eigenvalue weighted by molar-refractivity contribution is 5.08. The fraction of sp³-hybridized carbons (Fsp3) is 1.00. The van der Waals surface area contributed by atoms with Crippen molar-refractivity contribution in [3.8, 4) is 0 Å². The lowest BCUT2D eigenvalue weighted by atomic mass is 9.43. The summed E-state index contributed by atoms with van der Waals surface area (Å²) in [6, 6.07) is 0. The first-order valence-corrected chi connectivity index (χ1v) is 9.62. The normalized spacial score (nSPS) is 60.0. The highest BCUT2D eigenvalue weighted by Crippen LogP contribution is 2.67. The summed E-state index contributed by atoms with van der Waals surface area (Å²) in [6.07, 6.45) is 12.3. The SMILES string of the molecule is CC1C[C@@H]2[C@@H](CC[C@]3(C)CCC[C@@H]23)[C@@]2(C)CCC(O)CC12. The Morgan fingerprint density at radius 2 is 1.67 bits per heavy atom. The molecule has 4 saturated carbocycles. The van der Waals surface area contributed by atoms with Gasteiger partial charge in [0.1, 0.15) is 0 Å². The Kier molecular flexibility index (Phi) is 3.27. The van der Waals surface area contributed by atoms with Gasteiger partial charge in [0.2, 0.25) is 0 Å². The van der Waals surface area contributed by atoms with Gasteiger partial charge in [0, 0.05) is 0 Å². The van der Waals surface area contributed by atoms with Crippen LogP contribution in [0, 0.1) is 40.4 Å². The van der Waals surface area contributed by atoms with E-state index >= 15 is 0 Å². The number of hydrogen-bond acceptors (Lipinski definition) is 1. The van der Waals surface area contributed by atoms with Crippen molar-refractivity contribution in [1.82, 2.24) is 0 Å². The molecule has 4 fully saturated rings. The molecule has 8 atom stereocenters. The van der Waals surface area contributed by atoms with Gasteiger partial charge in [0.25, 0.3) is 0 Å². The van der Waals surface area contributed by atoms with E-state index in [1.807, 2.05) is 0 Å². The van der Waals surface area contributed by atoms with Gasteiger partial charge in [-0.05, 0) is 91.8 Å². The van der Waals surface area contributed by atoms with Crippen LogP contribution >= 0.6 is 0 Å². The summed E-state index contributed by atoms with van der Waals surface area (Å²) in [6.45, 7) is 7.71. The van der Waals surface area contributed by atoms with E-state index in [-0.39, 0.29) is 6.10 Å². The summed E-state index contributed by atoms with van der Waals surface area (Å²) in [5.74, 6) is 4.59. The van der Waals surface area contributed by atoms with Gasteiger partial charge < -0.3 is 5.11 Å². The Morgan fingerprint density at radius 1 is 0.857 bits per heavy atom. The third kappa shape index (κ3) is 1.98. The molecule has 0 amide bonds. The second-order valence-electron chi connectivity index (χ2n) is 9.72. The summed E-state index contributed by atoms with van der Waals surface area (Å²) in [5.41, 5.74) is 1.21. The molecule has 0 bridgehead atoms. The van der Waals surface area contributed by atoms with Crippen molar-refractivity contribution >= 4 is 0 Å². The maximum absolute atomic E-state index is 10.2. The van der Waals surface area contributed by atoms with E-state index in [0.717, 1.165) is 42.4 Å². The molecule has 4 rings (SSSR count). The van der Waals surface area contributed by atoms with Crippen LogP contribution < -0.4 is 0 Å². The molecule has 0 aliphatic heterocycles. The molecule has 1 heteroatoms. The zero-order chi connectivity index (χ0) is 14.8. The van der Waals surface area contributed by atoms with Crippen LogP contribution in [0.1, 0.15) is 78.6 Å². The molecule has 1 nitrogen and oxygen atoms in total. The lowest BCUT2D eigenvalue weighted by molar-refractivity contribution is -0.142. The molecule has 0 saturated heterocycles. The predicted octanol–water partition coefficient (Wildman–Crippen LogP) is 5.03. The van der Waals surface area contributed by atoms with E-state index in [1.54, 1.807) is 0 Å². The summed E-state index contributed by atoms with van der Waals surface area (Å²) >= 11 is 0. The molecule has 0 heterocycles. The minimum Gasteiger partial charge on any atom is -0.393 e. The maximum atomic E-state index is 10.2. The first-order valence-electron chi connectivity index (χ1n) is 9.62. The fourth-order valence-corrected chi connectivity index (χ4v) is 7.71. The molecular formula is C20H34O. The zero-order valence-corrected chi connectivity index (χ0v) is 14.3. The van der Waals surface area contributed by atoms with Gasteiger partial charge in [-0.2, -0.15) is 0 Å².